The van der Waals surface area contributed by atoms with Crippen LogP contribution < -0.4 is 5.32 Å². The van der Waals surface area contributed by atoms with Crippen molar-refractivity contribution in [3.8, 4) is 5.75 Å². The summed E-state index contributed by atoms with van der Waals surface area (Å²) in [4.78, 5) is 2.54. The minimum absolute atomic E-state index is 0.343. The largest absolute Gasteiger partial charge is 0.508 e. The molecule has 1 aliphatic rings. The van der Waals surface area contributed by atoms with Gasteiger partial charge in [0.05, 0.1) is 0 Å². The van der Waals surface area contributed by atoms with Gasteiger partial charge >= 0.3 is 0 Å². The maximum atomic E-state index is 9.40. The van der Waals surface area contributed by atoms with E-state index in [1.165, 1.54) is 38.9 Å². The molecule has 3 heteroatoms. The zero-order chi connectivity index (χ0) is 13.0. The molecule has 0 atom stereocenters. The second-order valence-corrected chi connectivity index (χ2v) is 5.26. The third-order valence-corrected chi connectivity index (χ3v) is 3.70. The van der Waals surface area contributed by atoms with E-state index < -0.39 is 0 Å². The molecule has 0 aromatic heterocycles. The predicted molar refractivity (Wildman–Crippen MR) is 76.2 cm³/mol. The Kier molecular flexibility index (Phi) is 4.48. The Labute approximate surface area is 110 Å². The van der Waals surface area contributed by atoms with Gasteiger partial charge in [0, 0.05) is 24.8 Å². The van der Waals surface area contributed by atoms with Crippen LogP contribution in [-0.2, 0) is 0 Å². The lowest BCUT2D eigenvalue weighted by Crippen LogP contribution is -2.39. The van der Waals surface area contributed by atoms with Gasteiger partial charge in [0.25, 0.3) is 0 Å². The van der Waals surface area contributed by atoms with Crippen molar-refractivity contribution in [2.24, 2.45) is 0 Å². The van der Waals surface area contributed by atoms with Crippen molar-refractivity contribution in [3.63, 3.8) is 0 Å². The molecule has 0 unspecified atom stereocenters. The number of anilines is 1. The molecular weight excluding hydrogens is 224 g/mol. The highest BCUT2D eigenvalue weighted by atomic mass is 16.3. The third kappa shape index (κ3) is 3.39. The molecule has 1 aliphatic heterocycles. The highest BCUT2D eigenvalue weighted by molar-refractivity contribution is 5.53. The van der Waals surface area contributed by atoms with Crippen LogP contribution in [0.1, 0.15) is 31.7 Å². The standard InChI is InChI=1S/C15H24N2O/c1-3-8-17-9-6-13(7-10-17)16-15-5-4-14(18)11-12(15)2/h4-5,11,13,16,18H,3,6-10H2,1-2H3. The fourth-order valence-corrected chi connectivity index (χ4v) is 2.65. The van der Waals surface area contributed by atoms with E-state index >= 15 is 0 Å². The normalized spacial score (nSPS) is 17.9. The van der Waals surface area contributed by atoms with Gasteiger partial charge in [-0.25, -0.2) is 0 Å². The molecule has 2 rings (SSSR count). The van der Waals surface area contributed by atoms with Crippen LogP contribution in [0, 0.1) is 6.92 Å². The molecule has 2 N–H and O–H groups in total. The number of nitrogens with one attached hydrogen (secondary N) is 1. The van der Waals surface area contributed by atoms with Gasteiger partial charge in [0.15, 0.2) is 0 Å². The summed E-state index contributed by atoms with van der Waals surface area (Å²) in [6, 6.07) is 6.11. The van der Waals surface area contributed by atoms with Crippen LogP contribution in [0.3, 0.4) is 0 Å². The highest BCUT2D eigenvalue weighted by Crippen LogP contribution is 2.23. The summed E-state index contributed by atoms with van der Waals surface area (Å²) < 4.78 is 0. The van der Waals surface area contributed by atoms with Gasteiger partial charge in [-0.05, 0) is 56.5 Å². The fraction of sp³-hybridized carbons (Fsp3) is 0.600. The van der Waals surface area contributed by atoms with Gasteiger partial charge in [0.2, 0.25) is 0 Å². The lowest BCUT2D eigenvalue weighted by Gasteiger charge is -2.32. The molecule has 18 heavy (non-hydrogen) atoms. The summed E-state index contributed by atoms with van der Waals surface area (Å²) in [6.07, 6.45) is 3.66. The van der Waals surface area contributed by atoms with E-state index in [1.54, 1.807) is 6.07 Å². The first kappa shape index (κ1) is 13.2. The first-order valence-corrected chi connectivity index (χ1v) is 6.97. The van der Waals surface area contributed by atoms with Crippen LogP contribution in [0.4, 0.5) is 5.69 Å². The minimum Gasteiger partial charge on any atom is -0.508 e. The smallest absolute Gasteiger partial charge is 0.115 e. The lowest BCUT2D eigenvalue weighted by atomic mass is 10.0. The lowest BCUT2D eigenvalue weighted by molar-refractivity contribution is 0.219. The Bertz CT molecular complexity index is 384. The number of aromatic hydroxyl groups is 1. The van der Waals surface area contributed by atoms with Crippen molar-refractivity contribution in [2.45, 2.75) is 39.2 Å². The molecule has 100 valence electrons. The second-order valence-electron chi connectivity index (χ2n) is 5.26. The summed E-state index contributed by atoms with van der Waals surface area (Å²) >= 11 is 0. The molecule has 0 aliphatic carbocycles. The maximum absolute atomic E-state index is 9.40. The Morgan fingerprint density at radius 2 is 2.06 bits per heavy atom. The van der Waals surface area contributed by atoms with E-state index in [0.717, 1.165) is 11.3 Å². The van der Waals surface area contributed by atoms with E-state index in [4.69, 9.17) is 0 Å². The Balaban J connectivity index is 1.87. The van der Waals surface area contributed by atoms with Gasteiger partial charge in [-0.3, -0.25) is 0 Å². The molecule has 1 aromatic carbocycles. The van der Waals surface area contributed by atoms with Gasteiger partial charge in [0.1, 0.15) is 5.75 Å². The number of phenols is 1. The third-order valence-electron chi connectivity index (χ3n) is 3.70. The highest BCUT2D eigenvalue weighted by Gasteiger charge is 2.18. The van der Waals surface area contributed by atoms with Crippen molar-refractivity contribution < 1.29 is 5.11 Å². The summed E-state index contributed by atoms with van der Waals surface area (Å²) in [5.41, 5.74) is 2.27. The van der Waals surface area contributed by atoms with E-state index in [9.17, 15) is 5.11 Å². The molecule has 0 spiro atoms. The average Bonchev–Trinajstić information content (AvgIpc) is 2.35. The van der Waals surface area contributed by atoms with Gasteiger partial charge in [-0.15, -0.1) is 0 Å². The minimum atomic E-state index is 0.343. The molecular formula is C15H24N2O. The van der Waals surface area contributed by atoms with E-state index in [0.29, 0.717) is 11.8 Å². The zero-order valence-corrected chi connectivity index (χ0v) is 11.4. The van der Waals surface area contributed by atoms with E-state index in [-0.39, 0.29) is 0 Å². The van der Waals surface area contributed by atoms with E-state index in [1.807, 2.05) is 19.1 Å². The summed E-state index contributed by atoms with van der Waals surface area (Å²) in [7, 11) is 0. The topological polar surface area (TPSA) is 35.5 Å². The van der Waals surface area contributed by atoms with E-state index in [2.05, 4.69) is 17.1 Å². The van der Waals surface area contributed by atoms with Crippen molar-refractivity contribution in [1.82, 2.24) is 4.90 Å². The number of phenolic OH excluding ortho intramolecular Hbond substituents is 1. The fourth-order valence-electron chi connectivity index (χ4n) is 2.65. The number of hydrogen-bond donors (Lipinski definition) is 2. The van der Waals surface area contributed by atoms with Gasteiger partial charge in [-0.2, -0.15) is 0 Å². The maximum Gasteiger partial charge on any atom is 0.115 e. The van der Waals surface area contributed by atoms with Crippen LogP contribution in [0.15, 0.2) is 18.2 Å². The van der Waals surface area contributed by atoms with Gasteiger partial charge < -0.3 is 15.3 Å². The van der Waals surface area contributed by atoms with Gasteiger partial charge in [-0.1, -0.05) is 6.92 Å². The Morgan fingerprint density at radius 3 is 2.67 bits per heavy atom. The number of benzene rings is 1. The Morgan fingerprint density at radius 1 is 1.33 bits per heavy atom. The van der Waals surface area contributed by atoms with Crippen LogP contribution in [-0.4, -0.2) is 35.7 Å². The molecule has 1 aromatic rings. The van der Waals surface area contributed by atoms with Crippen molar-refractivity contribution in [3.05, 3.63) is 23.8 Å². The molecule has 0 bridgehead atoms. The SMILES string of the molecule is CCCN1CCC(Nc2ccc(O)cc2C)CC1. The quantitative estimate of drug-likeness (QED) is 0.804. The molecule has 1 fully saturated rings. The van der Waals surface area contributed by atoms with Crippen LogP contribution in [0.5, 0.6) is 5.75 Å². The molecule has 1 saturated heterocycles. The summed E-state index contributed by atoms with van der Waals surface area (Å²) in [5.74, 6) is 0.343. The molecule has 0 saturated carbocycles. The predicted octanol–water partition coefficient (Wildman–Crippen LogP) is 2.99. The van der Waals surface area contributed by atoms with Crippen LogP contribution >= 0.6 is 0 Å². The number of likely N-dealkylation sites (tertiary alicyclic amines) is 1. The van der Waals surface area contributed by atoms with Crippen LogP contribution in [0.2, 0.25) is 0 Å². The Hall–Kier alpha value is -1.22. The van der Waals surface area contributed by atoms with Crippen molar-refractivity contribution in [2.75, 3.05) is 25.0 Å². The first-order valence-electron chi connectivity index (χ1n) is 6.97. The van der Waals surface area contributed by atoms with Crippen molar-refractivity contribution in [1.29, 1.82) is 0 Å². The zero-order valence-electron chi connectivity index (χ0n) is 11.4. The van der Waals surface area contributed by atoms with Crippen LogP contribution in [0.25, 0.3) is 0 Å². The monoisotopic (exact) mass is 248 g/mol. The molecule has 0 amide bonds. The molecule has 3 nitrogen and oxygen atoms in total. The van der Waals surface area contributed by atoms with Crippen molar-refractivity contribution >= 4 is 5.69 Å². The average molecular weight is 248 g/mol. The molecule has 1 heterocycles. The number of rotatable bonds is 4. The second kappa shape index (κ2) is 6.10. The summed E-state index contributed by atoms with van der Waals surface area (Å²) in [5, 5.41) is 13.0. The summed E-state index contributed by atoms with van der Waals surface area (Å²) in [6.45, 7) is 7.90. The number of aryl methyl sites for hydroxylation is 1. The first-order chi connectivity index (χ1) is 8.69. The number of piperidine rings is 1. The molecule has 0 radical (unpaired) electrons. The number of nitrogens with zero attached hydrogens (tertiary/aromatic N) is 1. The number of hydrogen-bond acceptors (Lipinski definition) is 3.